The van der Waals surface area contributed by atoms with Crippen LogP contribution in [0.4, 0.5) is 13.2 Å². The third kappa shape index (κ3) is 3.54. The second kappa shape index (κ2) is 6.17. The third-order valence-corrected chi connectivity index (χ3v) is 4.58. The lowest BCUT2D eigenvalue weighted by Gasteiger charge is -2.32. The lowest BCUT2D eigenvalue weighted by molar-refractivity contribution is -0.137. The minimum Gasteiger partial charge on any atom is -0.324 e. The first-order valence-electron chi connectivity index (χ1n) is 7.34. The summed E-state index contributed by atoms with van der Waals surface area (Å²) >= 11 is 0. The molecule has 1 fully saturated rings. The highest BCUT2D eigenvalue weighted by Gasteiger charge is 2.32. The van der Waals surface area contributed by atoms with Gasteiger partial charge in [-0.1, -0.05) is 38.3 Å². The van der Waals surface area contributed by atoms with Crippen molar-refractivity contribution in [3.05, 3.63) is 35.4 Å². The standard InChI is InChI=1S/C16H22F3N/c1-2-11-6-8-12(9-7-11)15(20)13-4-3-5-14(10-13)16(17,18)19/h3-5,10-12,15H,2,6-9,20H2,1H3. The predicted molar refractivity (Wildman–Crippen MR) is 74.1 cm³/mol. The molecule has 0 heterocycles. The highest BCUT2D eigenvalue weighted by Crippen LogP contribution is 2.38. The van der Waals surface area contributed by atoms with Crippen LogP contribution in [0.5, 0.6) is 0 Å². The van der Waals surface area contributed by atoms with Crippen LogP contribution in [0.15, 0.2) is 24.3 Å². The van der Waals surface area contributed by atoms with Gasteiger partial charge in [-0.2, -0.15) is 13.2 Å². The van der Waals surface area contributed by atoms with Crippen molar-refractivity contribution >= 4 is 0 Å². The van der Waals surface area contributed by atoms with Gasteiger partial charge in [0, 0.05) is 6.04 Å². The molecule has 1 aromatic carbocycles. The average molecular weight is 285 g/mol. The third-order valence-electron chi connectivity index (χ3n) is 4.58. The van der Waals surface area contributed by atoms with Crippen LogP contribution in [-0.2, 0) is 6.18 Å². The van der Waals surface area contributed by atoms with Crippen LogP contribution in [0.25, 0.3) is 0 Å². The maximum absolute atomic E-state index is 12.7. The number of rotatable bonds is 3. The van der Waals surface area contributed by atoms with E-state index in [-0.39, 0.29) is 6.04 Å². The van der Waals surface area contributed by atoms with Crippen molar-refractivity contribution in [2.75, 3.05) is 0 Å². The first-order valence-corrected chi connectivity index (χ1v) is 7.34. The SMILES string of the molecule is CCC1CCC(C(N)c2cccc(C(F)(F)F)c2)CC1. The zero-order chi connectivity index (χ0) is 14.8. The van der Waals surface area contributed by atoms with Crippen molar-refractivity contribution in [1.82, 2.24) is 0 Å². The molecule has 20 heavy (non-hydrogen) atoms. The Morgan fingerprint density at radius 1 is 1.20 bits per heavy atom. The lowest BCUT2D eigenvalue weighted by Crippen LogP contribution is -2.26. The number of halogens is 3. The van der Waals surface area contributed by atoms with E-state index in [4.69, 9.17) is 5.73 Å². The zero-order valence-electron chi connectivity index (χ0n) is 11.8. The Bertz CT molecular complexity index is 434. The predicted octanol–water partition coefficient (Wildman–Crippen LogP) is 4.92. The molecule has 2 rings (SSSR count). The van der Waals surface area contributed by atoms with Crippen LogP contribution in [0.3, 0.4) is 0 Å². The summed E-state index contributed by atoms with van der Waals surface area (Å²) in [6.07, 6.45) is 1.23. The van der Waals surface area contributed by atoms with Crippen molar-refractivity contribution in [3.8, 4) is 0 Å². The first-order chi connectivity index (χ1) is 9.41. The monoisotopic (exact) mass is 285 g/mol. The molecular formula is C16H22F3N. The van der Waals surface area contributed by atoms with Gasteiger partial charge in [-0.15, -0.1) is 0 Å². The zero-order valence-corrected chi connectivity index (χ0v) is 11.8. The number of benzene rings is 1. The summed E-state index contributed by atoms with van der Waals surface area (Å²) < 4.78 is 38.2. The Morgan fingerprint density at radius 2 is 1.85 bits per heavy atom. The Morgan fingerprint density at radius 3 is 2.40 bits per heavy atom. The largest absolute Gasteiger partial charge is 0.416 e. The summed E-state index contributed by atoms with van der Waals surface area (Å²) in [7, 11) is 0. The normalized spacial score (nSPS) is 25.4. The maximum Gasteiger partial charge on any atom is 0.416 e. The average Bonchev–Trinajstić information content (AvgIpc) is 2.46. The topological polar surface area (TPSA) is 26.0 Å². The van der Waals surface area contributed by atoms with Gasteiger partial charge in [0.15, 0.2) is 0 Å². The molecule has 0 saturated heterocycles. The van der Waals surface area contributed by atoms with Crippen molar-refractivity contribution in [2.45, 2.75) is 51.2 Å². The number of hydrogen-bond acceptors (Lipinski definition) is 1. The Labute approximate surface area is 118 Å². The molecule has 0 aliphatic heterocycles. The molecule has 2 N–H and O–H groups in total. The first kappa shape index (κ1) is 15.4. The van der Waals surface area contributed by atoms with Crippen LogP contribution in [0, 0.1) is 11.8 Å². The number of alkyl halides is 3. The van der Waals surface area contributed by atoms with Gasteiger partial charge < -0.3 is 5.73 Å². The molecular weight excluding hydrogens is 263 g/mol. The highest BCUT2D eigenvalue weighted by atomic mass is 19.4. The van der Waals surface area contributed by atoms with E-state index in [1.807, 2.05) is 0 Å². The number of hydrogen-bond donors (Lipinski definition) is 1. The quantitative estimate of drug-likeness (QED) is 0.838. The Kier molecular flexibility index (Phi) is 4.74. The summed E-state index contributed by atoms with van der Waals surface area (Å²) in [5.74, 6) is 1.07. The second-order valence-electron chi connectivity index (χ2n) is 5.84. The van der Waals surface area contributed by atoms with Gasteiger partial charge in [-0.3, -0.25) is 0 Å². The van der Waals surface area contributed by atoms with Crippen LogP contribution < -0.4 is 5.73 Å². The lowest BCUT2D eigenvalue weighted by atomic mass is 9.76. The fourth-order valence-corrected chi connectivity index (χ4v) is 3.15. The summed E-state index contributed by atoms with van der Waals surface area (Å²) in [6, 6.07) is 5.19. The molecule has 0 spiro atoms. The van der Waals surface area contributed by atoms with Gasteiger partial charge in [0.25, 0.3) is 0 Å². The summed E-state index contributed by atoms with van der Waals surface area (Å²) in [5.41, 5.74) is 6.21. The van der Waals surface area contributed by atoms with Gasteiger partial charge >= 0.3 is 6.18 Å². The Balaban J connectivity index is 2.08. The number of nitrogens with two attached hydrogens (primary N) is 1. The highest BCUT2D eigenvalue weighted by molar-refractivity contribution is 5.28. The minimum atomic E-state index is -4.30. The van der Waals surface area contributed by atoms with Gasteiger partial charge in [0.1, 0.15) is 0 Å². The van der Waals surface area contributed by atoms with E-state index in [0.717, 1.165) is 37.7 Å². The van der Waals surface area contributed by atoms with Gasteiger partial charge in [0.2, 0.25) is 0 Å². The maximum atomic E-state index is 12.7. The van der Waals surface area contributed by atoms with Crippen LogP contribution in [0.1, 0.15) is 56.2 Å². The van der Waals surface area contributed by atoms with Gasteiger partial charge in [-0.25, -0.2) is 0 Å². The minimum absolute atomic E-state index is 0.282. The van der Waals surface area contributed by atoms with E-state index in [9.17, 15) is 13.2 Å². The van der Waals surface area contributed by atoms with Crippen molar-refractivity contribution in [3.63, 3.8) is 0 Å². The van der Waals surface area contributed by atoms with Crippen molar-refractivity contribution < 1.29 is 13.2 Å². The fourth-order valence-electron chi connectivity index (χ4n) is 3.15. The smallest absolute Gasteiger partial charge is 0.324 e. The molecule has 1 aromatic rings. The fraction of sp³-hybridized carbons (Fsp3) is 0.625. The molecule has 0 aromatic heterocycles. The summed E-state index contributed by atoms with van der Waals surface area (Å²) in [4.78, 5) is 0. The molecule has 1 aliphatic carbocycles. The van der Waals surface area contributed by atoms with Crippen molar-refractivity contribution in [2.24, 2.45) is 17.6 Å². The van der Waals surface area contributed by atoms with Crippen molar-refractivity contribution in [1.29, 1.82) is 0 Å². The van der Waals surface area contributed by atoms with E-state index >= 15 is 0 Å². The molecule has 1 aliphatic rings. The Hall–Kier alpha value is -1.03. The van der Waals surface area contributed by atoms with Gasteiger partial charge in [-0.05, 0) is 42.4 Å². The molecule has 4 heteroatoms. The molecule has 0 amide bonds. The van der Waals surface area contributed by atoms with Crippen LogP contribution in [0.2, 0.25) is 0 Å². The van der Waals surface area contributed by atoms with E-state index in [1.165, 1.54) is 18.6 Å². The van der Waals surface area contributed by atoms with Gasteiger partial charge in [0.05, 0.1) is 5.56 Å². The van der Waals surface area contributed by atoms with E-state index in [2.05, 4.69) is 6.92 Å². The molecule has 0 bridgehead atoms. The van der Waals surface area contributed by atoms with Crippen LogP contribution in [-0.4, -0.2) is 0 Å². The van der Waals surface area contributed by atoms with E-state index in [1.54, 1.807) is 6.07 Å². The summed E-state index contributed by atoms with van der Waals surface area (Å²) in [6.45, 7) is 2.19. The molecule has 0 radical (unpaired) electrons. The molecule has 1 nitrogen and oxygen atoms in total. The van der Waals surface area contributed by atoms with E-state index < -0.39 is 11.7 Å². The molecule has 1 atom stereocenters. The molecule has 1 unspecified atom stereocenters. The van der Waals surface area contributed by atoms with Crippen LogP contribution >= 0.6 is 0 Å². The molecule has 112 valence electrons. The summed E-state index contributed by atoms with van der Waals surface area (Å²) in [5, 5.41) is 0. The second-order valence-corrected chi connectivity index (χ2v) is 5.84. The van der Waals surface area contributed by atoms with E-state index in [0.29, 0.717) is 11.5 Å². The molecule has 1 saturated carbocycles.